The van der Waals surface area contributed by atoms with Crippen LogP contribution in [0.4, 0.5) is 0 Å². The van der Waals surface area contributed by atoms with Crippen LogP contribution in [0.3, 0.4) is 0 Å². The van der Waals surface area contributed by atoms with Gasteiger partial charge in [0.25, 0.3) is 0 Å². The van der Waals surface area contributed by atoms with Crippen LogP contribution in [-0.4, -0.2) is 99.3 Å². The smallest absolute Gasteiger partial charge is 0.187 e. The van der Waals surface area contributed by atoms with Crippen LogP contribution in [0.1, 0.15) is 40.0 Å². The quantitative estimate of drug-likeness (QED) is 0.318. The third kappa shape index (κ3) is 5.91. The van der Waals surface area contributed by atoms with E-state index in [4.69, 9.17) is 18.9 Å². The summed E-state index contributed by atoms with van der Waals surface area (Å²) in [6.07, 6.45) is -9.55. The molecule has 10 nitrogen and oxygen atoms in total. The van der Waals surface area contributed by atoms with Crippen molar-refractivity contribution in [2.75, 3.05) is 6.61 Å². The average Bonchev–Trinajstić information content (AvgIpc) is 2.64. The summed E-state index contributed by atoms with van der Waals surface area (Å²) in [5.41, 5.74) is 0. The van der Waals surface area contributed by atoms with Crippen LogP contribution in [-0.2, 0) is 23.7 Å². The Bertz CT molecular complexity index is 501. The Morgan fingerprint density at radius 1 is 1.11 bits per heavy atom. The first kappa shape index (κ1) is 23.6. The highest BCUT2D eigenvalue weighted by molar-refractivity contribution is 5.75. The number of Topliss-reactive ketones (excluding diaryl/α,β-unsaturated/α-hetero) is 1. The van der Waals surface area contributed by atoms with Gasteiger partial charge in [-0.05, 0) is 27.2 Å². The molecule has 164 valence electrons. The molecule has 0 aromatic rings. The van der Waals surface area contributed by atoms with E-state index in [0.29, 0.717) is 12.8 Å². The van der Waals surface area contributed by atoms with E-state index in [2.05, 4.69) is 0 Å². The highest BCUT2D eigenvalue weighted by atomic mass is 16.7. The molecule has 10 heteroatoms. The maximum Gasteiger partial charge on any atom is 0.187 e. The number of aliphatic hydroxyl groups is 5. The van der Waals surface area contributed by atoms with Crippen LogP contribution in [0.25, 0.3) is 0 Å². The van der Waals surface area contributed by atoms with E-state index in [1.54, 1.807) is 13.8 Å². The van der Waals surface area contributed by atoms with E-state index in [1.165, 1.54) is 6.92 Å². The van der Waals surface area contributed by atoms with E-state index in [9.17, 15) is 30.3 Å². The van der Waals surface area contributed by atoms with Crippen LogP contribution < -0.4 is 0 Å². The van der Waals surface area contributed by atoms with E-state index in [1.807, 2.05) is 0 Å². The maximum atomic E-state index is 11.2. The minimum Gasteiger partial charge on any atom is -0.394 e. The number of hydrogen-bond donors (Lipinski definition) is 5. The highest BCUT2D eigenvalue weighted by Crippen LogP contribution is 2.30. The predicted molar refractivity (Wildman–Crippen MR) is 94.1 cm³/mol. The summed E-state index contributed by atoms with van der Waals surface area (Å²) in [6, 6.07) is 0. The number of rotatable bonds is 8. The molecular weight excluding hydrogens is 376 g/mol. The Labute approximate surface area is 164 Å². The van der Waals surface area contributed by atoms with Gasteiger partial charge in [-0.25, -0.2) is 0 Å². The monoisotopic (exact) mass is 408 g/mol. The molecule has 3 unspecified atom stereocenters. The van der Waals surface area contributed by atoms with Gasteiger partial charge in [0.2, 0.25) is 0 Å². The van der Waals surface area contributed by atoms with Crippen molar-refractivity contribution in [1.82, 2.24) is 0 Å². The Hall–Kier alpha value is -0.690. The zero-order valence-corrected chi connectivity index (χ0v) is 16.4. The fourth-order valence-corrected chi connectivity index (χ4v) is 3.23. The molecule has 0 amide bonds. The van der Waals surface area contributed by atoms with E-state index in [-0.39, 0.29) is 18.3 Å². The molecular formula is C18H32O10. The van der Waals surface area contributed by atoms with Crippen LogP contribution in [0.2, 0.25) is 0 Å². The summed E-state index contributed by atoms with van der Waals surface area (Å²) in [5.74, 6) is 0.0397. The molecule has 0 saturated carbocycles. The molecule has 2 aliphatic rings. The lowest BCUT2D eigenvalue weighted by Crippen LogP contribution is -2.61. The zero-order valence-electron chi connectivity index (χ0n) is 16.4. The van der Waals surface area contributed by atoms with Crippen LogP contribution in [0.5, 0.6) is 0 Å². The van der Waals surface area contributed by atoms with Gasteiger partial charge in [0, 0.05) is 12.8 Å². The van der Waals surface area contributed by atoms with E-state index in [0.717, 1.165) is 0 Å². The van der Waals surface area contributed by atoms with Crippen molar-refractivity contribution in [3.63, 3.8) is 0 Å². The summed E-state index contributed by atoms with van der Waals surface area (Å²) in [4.78, 5) is 11.2. The number of ether oxygens (including phenoxy) is 4. The Morgan fingerprint density at radius 2 is 1.79 bits per heavy atom. The first-order chi connectivity index (χ1) is 13.1. The fourth-order valence-electron chi connectivity index (χ4n) is 3.23. The summed E-state index contributed by atoms with van der Waals surface area (Å²) in [6.45, 7) is 4.39. The van der Waals surface area contributed by atoms with Gasteiger partial charge in [0.15, 0.2) is 12.6 Å². The molecule has 0 aromatic carbocycles. The molecule has 2 fully saturated rings. The Morgan fingerprint density at radius 3 is 2.39 bits per heavy atom. The van der Waals surface area contributed by atoms with Crippen molar-refractivity contribution in [1.29, 1.82) is 0 Å². The average molecular weight is 408 g/mol. The van der Waals surface area contributed by atoms with Gasteiger partial charge in [-0.15, -0.1) is 0 Å². The second-order valence-corrected chi connectivity index (χ2v) is 7.57. The minimum atomic E-state index is -1.57. The Kier molecular flexibility index (Phi) is 8.74. The van der Waals surface area contributed by atoms with Crippen LogP contribution >= 0.6 is 0 Å². The van der Waals surface area contributed by atoms with Gasteiger partial charge in [-0.1, -0.05) is 0 Å². The number of hydrogen-bond acceptors (Lipinski definition) is 10. The second kappa shape index (κ2) is 10.4. The molecule has 2 saturated heterocycles. The largest absolute Gasteiger partial charge is 0.394 e. The van der Waals surface area contributed by atoms with E-state index >= 15 is 0 Å². The van der Waals surface area contributed by atoms with Gasteiger partial charge in [0.1, 0.15) is 36.3 Å². The summed E-state index contributed by atoms with van der Waals surface area (Å²) in [5, 5.41) is 49.4. The van der Waals surface area contributed by atoms with Crippen LogP contribution in [0, 0.1) is 0 Å². The van der Waals surface area contributed by atoms with Crippen molar-refractivity contribution in [2.45, 2.75) is 101 Å². The number of ketones is 1. The molecule has 0 bridgehead atoms. The topological polar surface area (TPSA) is 155 Å². The lowest BCUT2D eigenvalue weighted by Gasteiger charge is -2.44. The number of carbonyl (C=O) groups is 1. The molecule has 0 radical (unpaired) electrons. The fraction of sp³-hybridized carbons (Fsp3) is 0.944. The first-order valence-electron chi connectivity index (χ1n) is 9.58. The zero-order chi connectivity index (χ0) is 21.0. The summed E-state index contributed by atoms with van der Waals surface area (Å²) >= 11 is 0. The highest BCUT2D eigenvalue weighted by Gasteiger charge is 2.47. The molecule has 0 aromatic heterocycles. The van der Waals surface area contributed by atoms with E-state index < -0.39 is 61.9 Å². The molecule has 2 aliphatic heterocycles. The molecule has 28 heavy (non-hydrogen) atoms. The normalized spacial score (nSPS) is 42.9. The summed E-state index contributed by atoms with van der Waals surface area (Å²) in [7, 11) is 0. The third-order valence-corrected chi connectivity index (χ3v) is 5.09. The van der Waals surface area contributed by atoms with Gasteiger partial charge in [-0.3, -0.25) is 0 Å². The van der Waals surface area contributed by atoms with Crippen molar-refractivity contribution >= 4 is 5.78 Å². The van der Waals surface area contributed by atoms with Crippen molar-refractivity contribution < 1.29 is 49.3 Å². The molecule has 10 atom stereocenters. The van der Waals surface area contributed by atoms with Gasteiger partial charge in [-0.2, -0.15) is 0 Å². The number of carbonyl (C=O) groups excluding carboxylic acids is 1. The van der Waals surface area contributed by atoms with Gasteiger partial charge in [0.05, 0.1) is 24.9 Å². The molecule has 0 spiro atoms. The van der Waals surface area contributed by atoms with Crippen LogP contribution in [0.15, 0.2) is 0 Å². The minimum absolute atomic E-state index is 0.0397. The van der Waals surface area contributed by atoms with Gasteiger partial charge >= 0.3 is 0 Å². The van der Waals surface area contributed by atoms with Crippen molar-refractivity contribution in [3.05, 3.63) is 0 Å². The number of aliphatic hydroxyl groups excluding tert-OH is 5. The Balaban J connectivity index is 2.05. The van der Waals surface area contributed by atoms with Crippen molar-refractivity contribution in [2.24, 2.45) is 0 Å². The maximum absolute atomic E-state index is 11.2. The third-order valence-electron chi connectivity index (χ3n) is 5.09. The summed E-state index contributed by atoms with van der Waals surface area (Å²) < 4.78 is 22.6. The molecule has 5 N–H and O–H groups in total. The van der Waals surface area contributed by atoms with Gasteiger partial charge < -0.3 is 49.3 Å². The lowest BCUT2D eigenvalue weighted by atomic mass is 9.98. The molecule has 2 heterocycles. The molecule has 0 aliphatic carbocycles. The second-order valence-electron chi connectivity index (χ2n) is 7.57. The standard InChI is InChI=1S/C18H32O10/c1-8(20)4-5-9(2)25-17-12(6-11(21)10(3)26-17)27-18-16(24)15(23)14(22)13(7-19)28-18/h9-19,21-24H,4-7H2,1-3H3/t9-,10?,11-,12+,13?,14-,15?,16+,17-,18-/m1/s1. The van der Waals surface area contributed by atoms with Crippen molar-refractivity contribution in [3.8, 4) is 0 Å². The predicted octanol–water partition coefficient (Wildman–Crippen LogP) is -1.56. The SMILES string of the molecule is CC(=O)CC[C@@H](C)O[C@@H]1OC(C)[C@H](O)C[C@@H]1O[C@@H]1OC(CO)[C@@H](O)C(O)[C@@H]1O. The lowest BCUT2D eigenvalue weighted by molar-refractivity contribution is -0.352. The molecule has 2 rings (SSSR count). The first-order valence-corrected chi connectivity index (χ1v) is 9.58.